The van der Waals surface area contributed by atoms with Gasteiger partial charge in [0.1, 0.15) is 12.4 Å². The summed E-state index contributed by atoms with van der Waals surface area (Å²) in [4.78, 5) is 13.2. The monoisotopic (exact) mass is 361 g/mol. The summed E-state index contributed by atoms with van der Waals surface area (Å²) in [6, 6.07) is 12.3. The number of hydrogen-bond acceptors (Lipinski definition) is 4. The van der Waals surface area contributed by atoms with Gasteiger partial charge >= 0.3 is 0 Å². The third kappa shape index (κ3) is 4.79. The van der Waals surface area contributed by atoms with E-state index in [2.05, 4.69) is 0 Å². The first-order chi connectivity index (χ1) is 12.6. The number of carbonyl (C=O) groups excluding carboxylic acids is 1. The van der Waals surface area contributed by atoms with E-state index < -0.39 is 11.6 Å². The molecule has 2 aromatic rings. The van der Waals surface area contributed by atoms with Gasteiger partial charge in [0, 0.05) is 43.8 Å². The maximum absolute atomic E-state index is 14.0. The fourth-order valence-corrected chi connectivity index (χ4v) is 2.83. The Morgan fingerprint density at radius 3 is 2.46 bits per heavy atom. The van der Waals surface area contributed by atoms with Crippen molar-refractivity contribution in [3.63, 3.8) is 0 Å². The first-order valence-electron chi connectivity index (χ1n) is 8.63. The zero-order chi connectivity index (χ0) is 18.4. The predicted molar refractivity (Wildman–Crippen MR) is 94.4 cm³/mol. The normalized spacial score (nSPS) is 14.5. The van der Waals surface area contributed by atoms with Gasteiger partial charge in [-0.05, 0) is 5.56 Å². The van der Waals surface area contributed by atoms with Crippen molar-refractivity contribution in [2.75, 3.05) is 31.2 Å². The maximum Gasteiger partial charge on any atom is 0.200 e. The van der Waals surface area contributed by atoms with Crippen LogP contribution in [0.3, 0.4) is 0 Å². The van der Waals surface area contributed by atoms with Crippen molar-refractivity contribution in [1.29, 1.82) is 0 Å². The zero-order valence-electron chi connectivity index (χ0n) is 14.4. The van der Waals surface area contributed by atoms with Crippen LogP contribution in [0.5, 0.6) is 5.75 Å². The molecule has 1 aliphatic rings. The Hall–Kier alpha value is -2.47. The van der Waals surface area contributed by atoms with E-state index in [0.29, 0.717) is 38.2 Å². The number of carbonyl (C=O) groups is 1. The molecule has 1 heterocycles. The van der Waals surface area contributed by atoms with Gasteiger partial charge in [-0.25, -0.2) is 4.39 Å². The molecule has 0 aliphatic carbocycles. The Morgan fingerprint density at radius 1 is 1.00 bits per heavy atom. The molecule has 0 amide bonds. The molecule has 1 aliphatic heterocycles. The Balaban J connectivity index is 1.54. The van der Waals surface area contributed by atoms with Gasteiger partial charge in [-0.1, -0.05) is 30.3 Å². The van der Waals surface area contributed by atoms with Gasteiger partial charge in [0.05, 0.1) is 13.2 Å². The lowest BCUT2D eigenvalue weighted by Gasteiger charge is -2.28. The molecular formula is C20H21F2NO3. The van der Waals surface area contributed by atoms with Crippen LogP contribution >= 0.6 is 0 Å². The van der Waals surface area contributed by atoms with Gasteiger partial charge in [-0.2, -0.15) is 4.39 Å². The number of Topliss-reactive ketones (excluding diaryl/α,β-unsaturated/α-hetero) is 1. The van der Waals surface area contributed by atoms with Crippen LogP contribution in [-0.4, -0.2) is 32.1 Å². The van der Waals surface area contributed by atoms with E-state index in [-0.39, 0.29) is 24.7 Å². The van der Waals surface area contributed by atoms with E-state index in [0.717, 1.165) is 11.6 Å². The summed E-state index contributed by atoms with van der Waals surface area (Å²) in [6.07, 6.45) is 0.838. The minimum atomic E-state index is -1.01. The summed E-state index contributed by atoms with van der Waals surface area (Å²) in [5.74, 6) is -1.92. The second-order valence-corrected chi connectivity index (χ2v) is 6.15. The molecule has 138 valence electrons. The van der Waals surface area contributed by atoms with E-state index >= 15 is 0 Å². The van der Waals surface area contributed by atoms with E-state index in [4.69, 9.17) is 9.47 Å². The number of halogens is 2. The smallest absolute Gasteiger partial charge is 0.200 e. The van der Waals surface area contributed by atoms with Gasteiger partial charge < -0.3 is 14.4 Å². The van der Waals surface area contributed by atoms with Crippen molar-refractivity contribution in [2.24, 2.45) is 0 Å². The first kappa shape index (κ1) is 18.3. The zero-order valence-corrected chi connectivity index (χ0v) is 14.4. The number of rotatable bonds is 7. The average Bonchev–Trinajstić information content (AvgIpc) is 2.66. The van der Waals surface area contributed by atoms with Gasteiger partial charge in [0.2, 0.25) is 5.82 Å². The van der Waals surface area contributed by atoms with Crippen LogP contribution in [0.25, 0.3) is 0 Å². The number of hydrogen-bond donors (Lipinski definition) is 0. The number of benzene rings is 2. The van der Waals surface area contributed by atoms with Crippen molar-refractivity contribution in [2.45, 2.75) is 19.4 Å². The molecule has 6 heteroatoms. The molecule has 0 spiro atoms. The minimum absolute atomic E-state index is 0.116. The molecule has 0 radical (unpaired) electrons. The largest absolute Gasteiger partial charge is 0.488 e. The lowest BCUT2D eigenvalue weighted by Crippen LogP contribution is -2.33. The highest BCUT2D eigenvalue weighted by Crippen LogP contribution is 2.29. The molecular weight excluding hydrogens is 340 g/mol. The van der Waals surface area contributed by atoms with Crippen LogP contribution in [0.1, 0.15) is 18.4 Å². The molecule has 1 fully saturated rings. The molecule has 0 bridgehead atoms. The highest BCUT2D eigenvalue weighted by molar-refractivity contribution is 5.81. The molecule has 0 saturated carbocycles. The van der Waals surface area contributed by atoms with Gasteiger partial charge in [-0.3, -0.25) is 4.79 Å². The maximum atomic E-state index is 14.0. The van der Waals surface area contributed by atoms with Crippen LogP contribution in [-0.2, 0) is 16.1 Å². The molecule has 3 rings (SSSR count). The van der Waals surface area contributed by atoms with E-state index in [1.165, 1.54) is 6.07 Å². The van der Waals surface area contributed by atoms with Crippen LogP contribution in [0.15, 0.2) is 42.5 Å². The molecule has 1 saturated heterocycles. The number of anilines is 1. The number of piperidine rings is 1. The lowest BCUT2D eigenvalue weighted by molar-refractivity contribution is -0.119. The van der Waals surface area contributed by atoms with Crippen LogP contribution < -0.4 is 9.64 Å². The quantitative estimate of drug-likeness (QED) is 0.705. The number of ketones is 1. The fourth-order valence-electron chi connectivity index (χ4n) is 2.83. The fraction of sp³-hybridized carbons (Fsp3) is 0.350. The Morgan fingerprint density at radius 2 is 1.73 bits per heavy atom. The van der Waals surface area contributed by atoms with Crippen LogP contribution in [0, 0.1) is 11.6 Å². The lowest BCUT2D eigenvalue weighted by atomic mass is 10.1. The Kier molecular flexibility index (Phi) is 6.17. The Bertz CT molecular complexity index is 742. The molecule has 0 aromatic heterocycles. The molecule has 26 heavy (non-hydrogen) atoms. The third-order valence-electron chi connectivity index (χ3n) is 4.26. The molecule has 0 atom stereocenters. The van der Waals surface area contributed by atoms with Crippen molar-refractivity contribution in [3.8, 4) is 5.75 Å². The van der Waals surface area contributed by atoms with E-state index in [1.807, 2.05) is 35.2 Å². The standard InChI is InChI=1S/C20H21F2NO3/c21-18-12-16(23-8-6-17(24)7-9-23)13-19(20(18)22)26-11-10-25-14-15-4-2-1-3-5-15/h1-5,12-13H,6-11,14H2. The first-order valence-corrected chi connectivity index (χ1v) is 8.63. The summed E-state index contributed by atoms with van der Waals surface area (Å²) >= 11 is 0. The summed E-state index contributed by atoms with van der Waals surface area (Å²) in [5, 5.41) is 0. The van der Waals surface area contributed by atoms with Crippen molar-refractivity contribution < 1.29 is 23.0 Å². The second-order valence-electron chi connectivity index (χ2n) is 6.15. The SMILES string of the molecule is O=C1CCN(c2cc(F)c(F)c(OCCOCc3ccccc3)c2)CC1. The Labute approximate surface area is 151 Å². The molecule has 4 nitrogen and oxygen atoms in total. The van der Waals surface area contributed by atoms with E-state index in [9.17, 15) is 13.6 Å². The van der Waals surface area contributed by atoms with Crippen LogP contribution in [0.4, 0.5) is 14.5 Å². The van der Waals surface area contributed by atoms with Crippen molar-refractivity contribution >= 4 is 11.5 Å². The number of nitrogens with zero attached hydrogens (tertiary/aromatic N) is 1. The summed E-state index contributed by atoms with van der Waals surface area (Å²) in [5.41, 5.74) is 1.56. The van der Waals surface area contributed by atoms with Crippen molar-refractivity contribution in [3.05, 3.63) is 59.7 Å². The van der Waals surface area contributed by atoms with Gasteiger partial charge in [0.15, 0.2) is 11.6 Å². The van der Waals surface area contributed by atoms with Crippen molar-refractivity contribution in [1.82, 2.24) is 0 Å². The predicted octanol–water partition coefficient (Wildman–Crippen LogP) is 3.73. The summed E-state index contributed by atoms with van der Waals surface area (Å²) < 4.78 is 38.7. The minimum Gasteiger partial charge on any atom is -0.488 e. The highest BCUT2D eigenvalue weighted by atomic mass is 19.2. The van der Waals surface area contributed by atoms with Crippen LogP contribution in [0.2, 0.25) is 0 Å². The molecule has 2 aromatic carbocycles. The highest BCUT2D eigenvalue weighted by Gasteiger charge is 2.20. The summed E-state index contributed by atoms with van der Waals surface area (Å²) in [7, 11) is 0. The molecule has 0 unspecified atom stereocenters. The van der Waals surface area contributed by atoms with Gasteiger partial charge in [0.25, 0.3) is 0 Å². The second kappa shape index (κ2) is 8.76. The topological polar surface area (TPSA) is 38.8 Å². The molecule has 0 N–H and O–H groups in total. The third-order valence-corrected chi connectivity index (χ3v) is 4.26. The van der Waals surface area contributed by atoms with Gasteiger partial charge in [-0.15, -0.1) is 0 Å². The average molecular weight is 361 g/mol. The number of ether oxygens (including phenoxy) is 2. The summed E-state index contributed by atoms with van der Waals surface area (Å²) in [6.45, 7) is 1.82. The van der Waals surface area contributed by atoms with E-state index in [1.54, 1.807) is 0 Å².